The Kier molecular flexibility index (Phi) is 6.12. The van der Waals surface area contributed by atoms with Gasteiger partial charge in [-0.1, -0.05) is 54.1 Å². The fraction of sp³-hybridized carbons (Fsp3) is 0.130. The maximum atomic E-state index is 12.6. The molecule has 0 unspecified atom stereocenters. The Hall–Kier alpha value is -3.11. The summed E-state index contributed by atoms with van der Waals surface area (Å²) in [6.07, 6.45) is 0.197. The van der Waals surface area contributed by atoms with E-state index >= 15 is 0 Å². The van der Waals surface area contributed by atoms with Crippen molar-refractivity contribution in [2.24, 2.45) is 0 Å². The molecule has 1 amide bonds. The Morgan fingerprint density at radius 2 is 1.64 bits per heavy atom. The summed E-state index contributed by atoms with van der Waals surface area (Å²) in [4.78, 5) is 24.5. The lowest BCUT2D eigenvalue weighted by Crippen LogP contribution is -2.17. The molecule has 0 atom stereocenters. The molecule has 0 heterocycles. The van der Waals surface area contributed by atoms with Crippen LogP contribution in [0.2, 0.25) is 5.02 Å². The molecule has 28 heavy (non-hydrogen) atoms. The smallest absolute Gasteiger partial charge is 0.339 e. The Labute approximate surface area is 169 Å². The average molecular weight is 394 g/mol. The van der Waals surface area contributed by atoms with Gasteiger partial charge in [-0.3, -0.25) is 4.79 Å². The van der Waals surface area contributed by atoms with Crippen molar-refractivity contribution in [3.8, 4) is 11.1 Å². The summed E-state index contributed by atoms with van der Waals surface area (Å²) in [6.45, 7) is 1.97. The molecule has 0 aliphatic carbocycles. The molecule has 0 aromatic heterocycles. The standard InChI is InChI=1S/C23H20ClNO3/c1-15-7-8-17(16-9-11-19(24)12-10-16)13-18(15)14-22(26)25-21-6-4-3-5-20(21)23(27)28-2/h3-13H,14H2,1-2H3,(H,25,26). The first kappa shape index (κ1) is 19.6. The molecule has 4 nitrogen and oxygen atoms in total. The van der Waals surface area contributed by atoms with E-state index in [0.717, 1.165) is 22.3 Å². The van der Waals surface area contributed by atoms with Crippen molar-refractivity contribution in [2.45, 2.75) is 13.3 Å². The van der Waals surface area contributed by atoms with Gasteiger partial charge in [0.05, 0.1) is 24.8 Å². The Morgan fingerprint density at radius 3 is 2.36 bits per heavy atom. The van der Waals surface area contributed by atoms with E-state index in [4.69, 9.17) is 16.3 Å². The molecular weight excluding hydrogens is 374 g/mol. The molecule has 0 bridgehead atoms. The van der Waals surface area contributed by atoms with Gasteiger partial charge in [0.25, 0.3) is 0 Å². The molecular formula is C23H20ClNO3. The number of aryl methyl sites for hydroxylation is 1. The van der Waals surface area contributed by atoms with E-state index in [1.807, 2.05) is 49.4 Å². The van der Waals surface area contributed by atoms with Crippen molar-refractivity contribution >= 4 is 29.2 Å². The lowest BCUT2D eigenvalue weighted by molar-refractivity contribution is -0.115. The molecule has 0 radical (unpaired) electrons. The van der Waals surface area contributed by atoms with E-state index in [1.54, 1.807) is 24.3 Å². The van der Waals surface area contributed by atoms with Crippen LogP contribution >= 0.6 is 11.6 Å². The van der Waals surface area contributed by atoms with Crippen LogP contribution in [0.5, 0.6) is 0 Å². The van der Waals surface area contributed by atoms with Crippen molar-refractivity contribution in [1.29, 1.82) is 0 Å². The van der Waals surface area contributed by atoms with Gasteiger partial charge in [-0.25, -0.2) is 4.79 Å². The molecule has 3 rings (SSSR count). The molecule has 3 aromatic carbocycles. The van der Waals surface area contributed by atoms with Crippen LogP contribution in [-0.2, 0) is 16.0 Å². The molecule has 0 saturated heterocycles. The monoisotopic (exact) mass is 393 g/mol. The first-order valence-corrected chi connectivity index (χ1v) is 9.18. The number of para-hydroxylation sites is 1. The summed E-state index contributed by atoms with van der Waals surface area (Å²) in [6, 6.07) is 20.4. The minimum Gasteiger partial charge on any atom is -0.465 e. The predicted molar refractivity (Wildman–Crippen MR) is 112 cm³/mol. The van der Waals surface area contributed by atoms with E-state index in [1.165, 1.54) is 7.11 Å². The van der Waals surface area contributed by atoms with Crippen LogP contribution in [-0.4, -0.2) is 19.0 Å². The molecule has 0 saturated carbocycles. The molecule has 0 fully saturated rings. The van der Waals surface area contributed by atoms with E-state index in [2.05, 4.69) is 5.32 Å². The summed E-state index contributed by atoms with van der Waals surface area (Å²) >= 11 is 5.96. The van der Waals surface area contributed by atoms with Crippen LogP contribution in [0, 0.1) is 6.92 Å². The summed E-state index contributed by atoms with van der Waals surface area (Å²) in [5, 5.41) is 3.49. The third-order valence-corrected chi connectivity index (χ3v) is 4.74. The Balaban J connectivity index is 1.80. The van der Waals surface area contributed by atoms with Crippen molar-refractivity contribution < 1.29 is 14.3 Å². The number of hydrogen-bond donors (Lipinski definition) is 1. The predicted octanol–water partition coefficient (Wildman–Crippen LogP) is 5.28. The number of rotatable bonds is 5. The fourth-order valence-electron chi connectivity index (χ4n) is 2.93. The van der Waals surface area contributed by atoms with Gasteiger partial charge >= 0.3 is 5.97 Å². The number of anilines is 1. The number of halogens is 1. The summed E-state index contributed by atoms with van der Waals surface area (Å²) < 4.78 is 4.77. The second-order valence-corrected chi connectivity index (χ2v) is 6.85. The van der Waals surface area contributed by atoms with Crippen molar-refractivity contribution in [2.75, 3.05) is 12.4 Å². The first-order chi connectivity index (χ1) is 13.5. The fourth-order valence-corrected chi connectivity index (χ4v) is 3.06. The van der Waals surface area contributed by atoms with Gasteiger partial charge in [0.15, 0.2) is 0 Å². The SMILES string of the molecule is COC(=O)c1ccccc1NC(=O)Cc1cc(-c2ccc(Cl)cc2)ccc1C. The molecule has 5 heteroatoms. The van der Waals surface area contributed by atoms with Gasteiger partial charge in [-0.2, -0.15) is 0 Å². The third kappa shape index (κ3) is 4.59. The molecule has 0 aliphatic rings. The van der Waals surface area contributed by atoms with Gasteiger partial charge in [0.2, 0.25) is 5.91 Å². The van der Waals surface area contributed by atoms with Gasteiger partial charge in [-0.15, -0.1) is 0 Å². The van der Waals surface area contributed by atoms with Gasteiger partial charge < -0.3 is 10.1 Å². The number of carbonyl (C=O) groups excluding carboxylic acids is 2. The Morgan fingerprint density at radius 1 is 0.964 bits per heavy atom. The van der Waals surface area contributed by atoms with Gasteiger partial charge in [0.1, 0.15) is 0 Å². The van der Waals surface area contributed by atoms with E-state index in [9.17, 15) is 9.59 Å². The van der Waals surface area contributed by atoms with Gasteiger partial charge in [-0.05, 0) is 53.4 Å². The van der Waals surface area contributed by atoms with Crippen molar-refractivity contribution in [1.82, 2.24) is 0 Å². The van der Waals surface area contributed by atoms with Crippen LogP contribution in [0.25, 0.3) is 11.1 Å². The van der Waals surface area contributed by atoms with E-state index < -0.39 is 5.97 Å². The zero-order chi connectivity index (χ0) is 20.1. The number of hydrogen-bond acceptors (Lipinski definition) is 3. The van der Waals surface area contributed by atoms with Gasteiger partial charge in [0, 0.05) is 5.02 Å². The third-order valence-electron chi connectivity index (χ3n) is 4.48. The van der Waals surface area contributed by atoms with Crippen LogP contribution in [0.1, 0.15) is 21.5 Å². The normalized spacial score (nSPS) is 10.4. The van der Waals surface area contributed by atoms with E-state index in [0.29, 0.717) is 16.3 Å². The maximum absolute atomic E-state index is 12.6. The number of carbonyl (C=O) groups is 2. The average Bonchev–Trinajstić information content (AvgIpc) is 2.70. The topological polar surface area (TPSA) is 55.4 Å². The summed E-state index contributed by atoms with van der Waals surface area (Å²) in [5.41, 5.74) is 4.74. The molecule has 3 aromatic rings. The lowest BCUT2D eigenvalue weighted by Gasteiger charge is -2.12. The second-order valence-electron chi connectivity index (χ2n) is 6.41. The quantitative estimate of drug-likeness (QED) is 0.600. The zero-order valence-electron chi connectivity index (χ0n) is 15.7. The van der Waals surface area contributed by atoms with Crippen LogP contribution in [0.3, 0.4) is 0 Å². The molecule has 0 aliphatic heterocycles. The maximum Gasteiger partial charge on any atom is 0.339 e. The number of benzene rings is 3. The van der Waals surface area contributed by atoms with Crippen LogP contribution < -0.4 is 5.32 Å². The number of ether oxygens (including phenoxy) is 1. The molecule has 0 spiro atoms. The molecule has 1 N–H and O–H groups in total. The van der Waals surface area contributed by atoms with Crippen molar-refractivity contribution in [3.05, 3.63) is 88.4 Å². The summed E-state index contributed by atoms with van der Waals surface area (Å²) in [7, 11) is 1.31. The van der Waals surface area contributed by atoms with Crippen molar-refractivity contribution in [3.63, 3.8) is 0 Å². The number of amides is 1. The highest BCUT2D eigenvalue weighted by Gasteiger charge is 2.14. The highest BCUT2D eigenvalue weighted by atomic mass is 35.5. The molecule has 142 valence electrons. The second kappa shape index (κ2) is 8.72. The van der Waals surface area contributed by atoms with Crippen LogP contribution in [0.4, 0.5) is 5.69 Å². The highest BCUT2D eigenvalue weighted by Crippen LogP contribution is 2.25. The number of nitrogens with one attached hydrogen (secondary N) is 1. The highest BCUT2D eigenvalue weighted by molar-refractivity contribution is 6.30. The van der Waals surface area contributed by atoms with Crippen LogP contribution in [0.15, 0.2) is 66.7 Å². The largest absolute Gasteiger partial charge is 0.465 e. The minimum absolute atomic E-state index is 0.197. The number of methoxy groups -OCH3 is 1. The Bertz CT molecular complexity index is 1010. The number of esters is 1. The first-order valence-electron chi connectivity index (χ1n) is 8.80. The minimum atomic E-state index is -0.489. The summed E-state index contributed by atoms with van der Waals surface area (Å²) in [5.74, 6) is -0.690. The zero-order valence-corrected chi connectivity index (χ0v) is 16.4. The van der Waals surface area contributed by atoms with E-state index in [-0.39, 0.29) is 12.3 Å². The lowest BCUT2D eigenvalue weighted by atomic mass is 9.98.